The van der Waals surface area contributed by atoms with E-state index in [4.69, 9.17) is 9.47 Å². The number of aliphatic hydroxyl groups excluding tert-OH is 1. The number of hydrogen-bond acceptors (Lipinski definition) is 6. The molecule has 116 valence electrons. The molecule has 0 saturated carbocycles. The molecule has 0 spiro atoms. The molecule has 2 N–H and O–H groups in total. The molecule has 7 nitrogen and oxygen atoms in total. The minimum Gasteiger partial charge on any atom is -0.389 e. The Balaban J connectivity index is 2.16. The van der Waals surface area contributed by atoms with Crippen LogP contribution in [0.3, 0.4) is 0 Å². The Kier molecular flexibility index (Phi) is 7.68. The van der Waals surface area contributed by atoms with Crippen molar-refractivity contribution in [2.75, 3.05) is 40.0 Å². The topological polar surface area (TPSA) is 88.1 Å². The van der Waals surface area contributed by atoms with E-state index in [9.17, 15) is 14.7 Å². The van der Waals surface area contributed by atoms with E-state index < -0.39 is 12.1 Å². The number of piperidine rings is 1. The molecule has 0 aromatic heterocycles. The molecule has 1 aliphatic rings. The van der Waals surface area contributed by atoms with Crippen molar-refractivity contribution in [1.29, 1.82) is 0 Å². The third-order valence-electron chi connectivity index (χ3n) is 3.14. The average molecular weight is 288 g/mol. The third-order valence-corrected chi connectivity index (χ3v) is 3.14. The summed E-state index contributed by atoms with van der Waals surface area (Å²) in [5.74, 6) is -0.404. The molecule has 1 aliphatic heterocycles. The molecule has 0 aromatic rings. The van der Waals surface area contributed by atoms with Crippen molar-refractivity contribution in [3.8, 4) is 0 Å². The zero-order valence-corrected chi connectivity index (χ0v) is 12.1. The Labute approximate surface area is 119 Å². The van der Waals surface area contributed by atoms with Gasteiger partial charge in [0.1, 0.15) is 0 Å². The van der Waals surface area contributed by atoms with Gasteiger partial charge in [-0.3, -0.25) is 14.5 Å². The van der Waals surface area contributed by atoms with Crippen molar-refractivity contribution in [1.82, 2.24) is 10.2 Å². The normalized spacial score (nSPS) is 21.4. The highest BCUT2D eigenvalue weighted by atomic mass is 16.5. The molecule has 2 unspecified atom stereocenters. The lowest BCUT2D eigenvalue weighted by atomic mass is 10.0. The molecule has 0 radical (unpaired) electrons. The van der Waals surface area contributed by atoms with E-state index in [0.717, 1.165) is 4.90 Å². The number of nitrogens with zero attached hydrogens (tertiary/aromatic N) is 1. The Morgan fingerprint density at radius 3 is 2.80 bits per heavy atom. The fraction of sp³-hybridized carbons (Fsp3) is 0.846. The third kappa shape index (κ3) is 5.54. The van der Waals surface area contributed by atoms with Crippen LogP contribution in [-0.4, -0.2) is 74.0 Å². The van der Waals surface area contributed by atoms with E-state index in [-0.39, 0.29) is 25.0 Å². The number of nitrogens with one attached hydrogen (secondary N) is 1. The average Bonchev–Trinajstić information content (AvgIpc) is 2.44. The Morgan fingerprint density at radius 2 is 2.10 bits per heavy atom. The Morgan fingerprint density at radius 1 is 1.40 bits per heavy atom. The maximum atomic E-state index is 11.8. The molecule has 0 aromatic carbocycles. The van der Waals surface area contributed by atoms with Crippen molar-refractivity contribution in [2.24, 2.45) is 0 Å². The van der Waals surface area contributed by atoms with Crippen LogP contribution in [0.25, 0.3) is 0 Å². The van der Waals surface area contributed by atoms with Crippen molar-refractivity contribution in [3.05, 3.63) is 0 Å². The SMILES string of the molecule is CCOCCOCC(O)CNC1CCC(=O)N(C)C1=O. The van der Waals surface area contributed by atoms with Crippen LogP contribution in [0.5, 0.6) is 0 Å². The van der Waals surface area contributed by atoms with Crippen LogP contribution in [0.2, 0.25) is 0 Å². The van der Waals surface area contributed by atoms with Crippen molar-refractivity contribution in [3.63, 3.8) is 0 Å². The standard InChI is InChI=1S/C13H24N2O5/c1-3-19-6-7-20-9-10(16)8-14-11-4-5-12(17)15(2)13(11)18/h10-11,14,16H,3-9H2,1-2H3. The van der Waals surface area contributed by atoms with Gasteiger partial charge in [-0.25, -0.2) is 0 Å². The van der Waals surface area contributed by atoms with Gasteiger partial charge >= 0.3 is 0 Å². The Bertz CT molecular complexity index is 324. The summed E-state index contributed by atoms with van der Waals surface area (Å²) in [6.07, 6.45) is 0.133. The smallest absolute Gasteiger partial charge is 0.246 e. The minimum absolute atomic E-state index is 0.159. The molecule has 1 saturated heterocycles. The van der Waals surface area contributed by atoms with Crippen molar-refractivity contribution in [2.45, 2.75) is 31.9 Å². The summed E-state index contributed by atoms with van der Waals surface area (Å²) >= 11 is 0. The number of carbonyl (C=O) groups excluding carboxylic acids is 2. The van der Waals surface area contributed by atoms with E-state index in [1.807, 2.05) is 6.92 Å². The highest BCUT2D eigenvalue weighted by molar-refractivity contribution is 6.00. The van der Waals surface area contributed by atoms with Crippen molar-refractivity contribution >= 4 is 11.8 Å². The van der Waals surface area contributed by atoms with Crippen LogP contribution in [0.1, 0.15) is 19.8 Å². The summed E-state index contributed by atoms with van der Waals surface area (Å²) in [5.41, 5.74) is 0. The van der Waals surface area contributed by atoms with Gasteiger partial charge in [0, 0.05) is 26.6 Å². The number of hydrogen-bond donors (Lipinski definition) is 2. The first-order valence-electron chi connectivity index (χ1n) is 6.93. The summed E-state index contributed by atoms with van der Waals surface area (Å²) in [5, 5.41) is 12.7. The van der Waals surface area contributed by atoms with E-state index >= 15 is 0 Å². The fourth-order valence-electron chi connectivity index (χ4n) is 1.92. The molecule has 1 rings (SSSR count). The van der Waals surface area contributed by atoms with Gasteiger partial charge in [-0.05, 0) is 13.3 Å². The van der Waals surface area contributed by atoms with Gasteiger partial charge in [-0.15, -0.1) is 0 Å². The number of aliphatic hydroxyl groups is 1. The van der Waals surface area contributed by atoms with Gasteiger partial charge in [-0.2, -0.15) is 0 Å². The fourth-order valence-corrected chi connectivity index (χ4v) is 1.92. The van der Waals surface area contributed by atoms with Crippen LogP contribution in [-0.2, 0) is 19.1 Å². The summed E-state index contributed by atoms with van der Waals surface area (Å²) in [6, 6.07) is -0.407. The molecule has 7 heteroatoms. The number of rotatable bonds is 9. The zero-order chi connectivity index (χ0) is 15.0. The van der Waals surface area contributed by atoms with Crippen LogP contribution < -0.4 is 5.32 Å². The van der Waals surface area contributed by atoms with E-state index in [1.54, 1.807) is 0 Å². The first-order valence-corrected chi connectivity index (χ1v) is 6.93. The second-order valence-electron chi connectivity index (χ2n) is 4.72. The maximum Gasteiger partial charge on any atom is 0.246 e. The molecule has 20 heavy (non-hydrogen) atoms. The van der Waals surface area contributed by atoms with E-state index in [0.29, 0.717) is 32.7 Å². The first kappa shape index (κ1) is 17.0. The number of ether oxygens (including phenoxy) is 2. The van der Waals surface area contributed by atoms with E-state index in [2.05, 4.69) is 5.32 Å². The van der Waals surface area contributed by atoms with Gasteiger partial charge < -0.3 is 19.9 Å². The highest BCUT2D eigenvalue weighted by Gasteiger charge is 2.31. The number of likely N-dealkylation sites (tertiary alicyclic amines) is 1. The maximum absolute atomic E-state index is 11.8. The predicted octanol–water partition coefficient (Wildman–Crippen LogP) is -0.863. The van der Waals surface area contributed by atoms with Crippen molar-refractivity contribution < 1.29 is 24.2 Å². The first-order chi connectivity index (χ1) is 9.56. The summed E-state index contributed by atoms with van der Waals surface area (Å²) < 4.78 is 10.3. The predicted molar refractivity (Wildman–Crippen MR) is 72.1 cm³/mol. The lowest BCUT2D eigenvalue weighted by molar-refractivity contribution is -0.148. The number of imide groups is 1. The van der Waals surface area contributed by atoms with Crippen LogP contribution >= 0.6 is 0 Å². The minimum atomic E-state index is -0.688. The highest BCUT2D eigenvalue weighted by Crippen LogP contribution is 2.11. The number of likely N-dealkylation sites (N-methyl/N-ethyl adjacent to an activating group) is 1. The van der Waals surface area contributed by atoms with Gasteiger partial charge in [0.15, 0.2) is 0 Å². The second-order valence-corrected chi connectivity index (χ2v) is 4.72. The van der Waals surface area contributed by atoms with Gasteiger partial charge in [0.25, 0.3) is 0 Å². The summed E-state index contributed by atoms with van der Waals surface area (Å²) in [7, 11) is 1.48. The lowest BCUT2D eigenvalue weighted by Crippen LogP contribution is -2.53. The largest absolute Gasteiger partial charge is 0.389 e. The number of carbonyl (C=O) groups is 2. The molecule has 1 fully saturated rings. The number of amides is 2. The van der Waals surface area contributed by atoms with Gasteiger partial charge in [0.05, 0.1) is 32.0 Å². The second kappa shape index (κ2) is 9.02. The molecule has 2 atom stereocenters. The molecular formula is C13H24N2O5. The Hall–Kier alpha value is -1.02. The van der Waals surface area contributed by atoms with Gasteiger partial charge in [-0.1, -0.05) is 0 Å². The molecule has 1 heterocycles. The monoisotopic (exact) mass is 288 g/mol. The molecule has 2 amide bonds. The molecule has 0 aliphatic carbocycles. The van der Waals surface area contributed by atoms with Crippen LogP contribution in [0, 0.1) is 0 Å². The molecule has 0 bridgehead atoms. The quantitative estimate of drug-likeness (QED) is 0.424. The zero-order valence-electron chi connectivity index (χ0n) is 12.1. The summed E-state index contributed by atoms with van der Waals surface area (Å²) in [4.78, 5) is 24.2. The van der Waals surface area contributed by atoms with Gasteiger partial charge in [0.2, 0.25) is 11.8 Å². The lowest BCUT2D eigenvalue weighted by Gasteiger charge is -2.28. The van der Waals surface area contributed by atoms with Crippen LogP contribution in [0.4, 0.5) is 0 Å². The van der Waals surface area contributed by atoms with Crippen LogP contribution in [0.15, 0.2) is 0 Å². The molecular weight excluding hydrogens is 264 g/mol. The van der Waals surface area contributed by atoms with E-state index in [1.165, 1.54) is 7.05 Å². The summed E-state index contributed by atoms with van der Waals surface area (Å²) in [6.45, 7) is 3.93.